The smallest absolute Gasteiger partial charge is 0.192 e. The zero-order chi connectivity index (χ0) is 13.2. The molecule has 0 aliphatic carbocycles. The van der Waals surface area contributed by atoms with Crippen LogP contribution in [0.2, 0.25) is 0 Å². The zero-order valence-corrected chi connectivity index (χ0v) is 11.6. The summed E-state index contributed by atoms with van der Waals surface area (Å²) < 4.78 is 0. The predicted octanol–water partition coefficient (Wildman–Crippen LogP) is 2.64. The van der Waals surface area contributed by atoms with Crippen LogP contribution in [-0.4, -0.2) is 23.9 Å². The molecular formula is C15H23N3. The van der Waals surface area contributed by atoms with Crippen molar-refractivity contribution >= 4 is 5.96 Å². The first-order valence-electron chi connectivity index (χ1n) is 6.78. The van der Waals surface area contributed by atoms with Crippen molar-refractivity contribution in [3.63, 3.8) is 0 Å². The fraction of sp³-hybridized carbons (Fsp3) is 0.533. The first-order valence-corrected chi connectivity index (χ1v) is 6.78. The molecule has 1 unspecified atom stereocenters. The van der Waals surface area contributed by atoms with Crippen LogP contribution < -0.4 is 5.73 Å². The molecule has 98 valence electrons. The van der Waals surface area contributed by atoms with Gasteiger partial charge in [0.15, 0.2) is 5.96 Å². The minimum absolute atomic E-state index is 0.0339. The summed E-state index contributed by atoms with van der Waals surface area (Å²) in [5.74, 6) is 0.694. The monoisotopic (exact) mass is 245 g/mol. The van der Waals surface area contributed by atoms with E-state index in [-0.39, 0.29) is 5.54 Å². The Kier molecular flexibility index (Phi) is 3.60. The van der Waals surface area contributed by atoms with Gasteiger partial charge in [-0.2, -0.15) is 0 Å². The number of hydrogen-bond acceptors (Lipinski definition) is 3. The van der Waals surface area contributed by atoms with Crippen LogP contribution in [0, 0.1) is 6.92 Å². The summed E-state index contributed by atoms with van der Waals surface area (Å²) >= 11 is 0. The Morgan fingerprint density at radius 3 is 2.50 bits per heavy atom. The van der Waals surface area contributed by atoms with Gasteiger partial charge in [-0.1, -0.05) is 43.7 Å². The van der Waals surface area contributed by atoms with Gasteiger partial charge in [0.1, 0.15) is 0 Å². The van der Waals surface area contributed by atoms with Crippen LogP contribution in [0.4, 0.5) is 0 Å². The fourth-order valence-electron chi connectivity index (χ4n) is 2.77. The minimum Gasteiger partial charge on any atom is -0.370 e. The Labute approximate surface area is 110 Å². The van der Waals surface area contributed by atoms with Gasteiger partial charge in [0.2, 0.25) is 0 Å². The maximum atomic E-state index is 6.06. The molecule has 3 heteroatoms. The Morgan fingerprint density at radius 2 is 1.94 bits per heavy atom. The molecule has 0 amide bonds. The molecule has 0 aromatic heterocycles. The van der Waals surface area contributed by atoms with Gasteiger partial charge in [-0.3, -0.25) is 4.99 Å². The highest BCUT2D eigenvalue weighted by molar-refractivity contribution is 5.81. The lowest BCUT2D eigenvalue weighted by molar-refractivity contribution is 0.194. The van der Waals surface area contributed by atoms with E-state index in [0.29, 0.717) is 5.96 Å². The average Bonchev–Trinajstić information content (AvgIpc) is 2.70. The molecule has 1 aliphatic rings. The first-order chi connectivity index (χ1) is 8.64. The van der Waals surface area contributed by atoms with Crippen LogP contribution in [0.15, 0.2) is 29.3 Å². The maximum Gasteiger partial charge on any atom is 0.192 e. The average molecular weight is 245 g/mol. The summed E-state index contributed by atoms with van der Waals surface area (Å²) in [4.78, 5) is 6.76. The third kappa shape index (κ3) is 1.98. The summed E-state index contributed by atoms with van der Waals surface area (Å²) in [5.41, 5.74) is 8.64. The van der Waals surface area contributed by atoms with Crippen molar-refractivity contribution in [1.29, 1.82) is 0 Å². The zero-order valence-electron chi connectivity index (χ0n) is 11.6. The van der Waals surface area contributed by atoms with E-state index < -0.39 is 0 Å². The predicted molar refractivity (Wildman–Crippen MR) is 76.6 cm³/mol. The van der Waals surface area contributed by atoms with Gasteiger partial charge in [-0.15, -0.1) is 0 Å². The SMILES string of the molecule is CCCN1C(N)=NCC1(CC)c1ccc(C)cc1. The first kappa shape index (κ1) is 12.9. The third-order valence-electron chi connectivity index (χ3n) is 3.92. The summed E-state index contributed by atoms with van der Waals surface area (Å²) in [7, 11) is 0. The van der Waals surface area contributed by atoms with E-state index in [9.17, 15) is 0 Å². The standard InChI is InChI=1S/C15H23N3/c1-4-10-18-14(16)17-11-15(18,5-2)13-8-6-12(3)7-9-13/h6-9H,4-5,10-11H2,1-3H3,(H2,16,17). The second-order valence-electron chi connectivity index (χ2n) is 5.08. The highest BCUT2D eigenvalue weighted by Crippen LogP contribution is 2.36. The summed E-state index contributed by atoms with van der Waals surface area (Å²) in [6, 6.07) is 8.78. The van der Waals surface area contributed by atoms with Crippen molar-refractivity contribution in [2.45, 2.75) is 39.2 Å². The number of guanidine groups is 1. The number of nitrogens with zero attached hydrogens (tertiary/aromatic N) is 2. The molecule has 1 atom stereocenters. The van der Waals surface area contributed by atoms with Crippen molar-refractivity contribution in [1.82, 2.24) is 4.90 Å². The molecule has 0 saturated carbocycles. The van der Waals surface area contributed by atoms with Crippen molar-refractivity contribution in [3.8, 4) is 0 Å². The van der Waals surface area contributed by atoms with Crippen molar-refractivity contribution < 1.29 is 0 Å². The summed E-state index contributed by atoms with van der Waals surface area (Å²) in [5, 5.41) is 0. The van der Waals surface area contributed by atoms with Crippen LogP contribution in [0.25, 0.3) is 0 Å². The van der Waals surface area contributed by atoms with Gasteiger partial charge < -0.3 is 10.6 Å². The molecule has 0 spiro atoms. The molecule has 0 saturated heterocycles. The molecule has 3 nitrogen and oxygen atoms in total. The largest absolute Gasteiger partial charge is 0.370 e. The van der Waals surface area contributed by atoms with Crippen LogP contribution in [-0.2, 0) is 5.54 Å². The van der Waals surface area contributed by atoms with E-state index in [1.165, 1.54) is 11.1 Å². The van der Waals surface area contributed by atoms with E-state index in [4.69, 9.17) is 5.73 Å². The highest BCUT2D eigenvalue weighted by atomic mass is 15.4. The molecule has 0 bridgehead atoms. The number of hydrogen-bond donors (Lipinski definition) is 1. The molecule has 1 aromatic rings. The van der Waals surface area contributed by atoms with E-state index >= 15 is 0 Å². The van der Waals surface area contributed by atoms with E-state index in [1.54, 1.807) is 0 Å². The minimum atomic E-state index is -0.0339. The lowest BCUT2D eigenvalue weighted by atomic mass is 9.85. The number of aryl methyl sites for hydroxylation is 1. The normalized spacial score (nSPS) is 23.3. The topological polar surface area (TPSA) is 41.6 Å². The Balaban J connectivity index is 2.39. The molecule has 1 heterocycles. The fourth-order valence-corrected chi connectivity index (χ4v) is 2.77. The van der Waals surface area contributed by atoms with Crippen molar-refractivity contribution in [2.24, 2.45) is 10.7 Å². The van der Waals surface area contributed by atoms with Gasteiger partial charge in [-0.05, 0) is 25.3 Å². The molecule has 1 aromatic carbocycles. The lowest BCUT2D eigenvalue weighted by Gasteiger charge is -2.39. The number of nitrogens with two attached hydrogens (primary N) is 1. The van der Waals surface area contributed by atoms with E-state index in [2.05, 4.69) is 54.9 Å². The molecule has 18 heavy (non-hydrogen) atoms. The number of aliphatic imine (C=N–C) groups is 1. The van der Waals surface area contributed by atoms with Crippen molar-refractivity contribution in [2.75, 3.05) is 13.1 Å². The van der Waals surface area contributed by atoms with Gasteiger partial charge in [-0.25, -0.2) is 0 Å². The van der Waals surface area contributed by atoms with Gasteiger partial charge >= 0.3 is 0 Å². The van der Waals surface area contributed by atoms with Gasteiger partial charge in [0, 0.05) is 6.54 Å². The summed E-state index contributed by atoms with van der Waals surface area (Å²) in [6.45, 7) is 8.26. The lowest BCUT2D eigenvalue weighted by Crippen LogP contribution is -2.49. The van der Waals surface area contributed by atoms with Crippen LogP contribution in [0.5, 0.6) is 0 Å². The third-order valence-corrected chi connectivity index (χ3v) is 3.92. The van der Waals surface area contributed by atoms with Crippen LogP contribution in [0.1, 0.15) is 37.8 Å². The number of benzene rings is 1. The Hall–Kier alpha value is -1.51. The van der Waals surface area contributed by atoms with Crippen LogP contribution in [0.3, 0.4) is 0 Å². The molecule has 2 N–H and O–H groups in total. The van der Waals surface area contributed by atoms with Gasteiger partial charge in [0.05, 0.1) is 12.1 Å². The quantitative estimate of drug-likeness (QED) is 0.886. The Bertz CT molecular complexity index is 436. The van der Waals surface area contributed by atoms with Crippen LogP contribution >= 0.6 is 0 Å². The van der Waals surface area contributed by atoms with E-state index in [0.717, 1.165) is 25.9 Å². The Morgan fingerprint density at radius 1 is 1.28 bits per heavy atom. The second kappa shape index (κ2) is 5.01. The molecule has 2 rings (SSSR count). The molecule has 0 fully saturated rings. The maximum absolute atomic E-state index is 6.06. The van der Waals surface area contributed by atoms with Gasteiger partial charge in [0.25, 0.3) is 0 Å². The highest BCUT2D eigenvalue weighted by Gasteiger charge is 2.41. The molecular weight excluding hydrogens is 222 g/mol. The number of rotatable bonds is 4. The summed E-state index contributed by atoms with van der Waals surface area (Å²) in [6.07, 6.45) is 2.12. The van der Waals surface area contributed by atoms with E-state index in [1.807, 2.05) is 0 Å². The van der Waals surface area contributed by atoms with Crippen molar-refractivity contribution in [3.05, 3.63) is 35.4 Å². The molecule has 0 radical (unpaired) electrons. The molecule has 1 aliphatic heterocycles. The second-order valence-corrected chi connectivity index (χ2v) is 5.08.